The van der Waals surface area contributed by atoms with E-state index in [9.17, 15) is 22.4 Å². The van der Waals surface area contributed by atoms with Gasteiger partial charge >= 0.3 is 6.18 Å². The van der Waals surface area contributed by atoms with Crippen molar-refractivity contribution in [1.82, 2.24) is 15.1 Å². The molecule has 1 aromatic heterocycles. The lowest BCUT2D eigenvalue weighted by atomic mass is 10.0. The second-order valence-corrected chi connectivity index (χ2v) is 5.89. The third kappa shape index (κ3) is 3.02. The van der Waals surface area contributed by atoms with E-state index in [1.54, 1.807) is 6.92 Å². The van der Waals surface area contributed by atoms with E-state index in [0.29, 0.717) is 5.69 Å². The molecule has 1 aliphatic heterocycles. The van der Waals surface area contributed by atoms with Crippen LogP contribution in [0.25, 0.3) is 0 Å². The Morgan fingerprint density at radius 1 is 1.23 bits per heavy atom. The molecule has 0 fully saturated rings. The molecule has 0 aliphatic carbocycles. The Morgan fingerprint density at radius 3 is 2.42 bits per heavy atom. The van der Waals surface area contributed by atoms with E-state index in [1.165, 1.54) is 42.4 Å². The van der Waals surface area contributed by atoms with Gasteiger partial charge in [-0.15, -0.1) is 0 Å². The number of aromatic nitrogens is 2. The summed E-state index contributed by atoms with van der Waals surface area (Å²) in [6.07, 6.45) is -2.16. The number of anilines is 1. The van der Waals surface area contributed by atoms with E-state index >= 15 is 0 Å². The highest BCUT2D eigenvalue weighted by Crippen LogP contribution is 2.33. The van der Waals surface area contributed by atoms with Gasteiger partial charge in [-0.25, -0.2) is 9.07 Å². The Bertz CT molecular complexity index is 845. The highest BCUT2D eigenvalue weighted by Gasteiger charge is 2.47. The van der Waals surface area contributed by atoms with Crippen molar-refractivity contribution in [1.29, 1.82) is 0 Å². The summed E-state index contributed by atoms with van der Waals surface area (Å²) in [6.45, 7) is 2.91. The van der Waals surface area contributed by atoms with Crippen molar-refractivity contribution in [3.8, 4) is 0 Å². The van der Waals surface area contributed by atoms with Crippen LogP contribution in [0.3, 0.4) is 0 Å². The van der Waals surface area contributed by atoms with Crippen LogP contribution in [-0.2, 0) is 16.6 Å². The standard InChI is InChI=1S/C16H15F4N5O/c1-10-15(22-11(2)26,24-8-7-14(23-24)16(18,19)20)9-21-25(10)13-5-3-12(17)4-6-13/h3-10H,1-2H3,(H,22,26). The first-order chi connectivity index (χ1) is 12.1. The van der Waals surface area contributed by atoms with Gasteiger partial charge in [0.2, 0.25) is 5.91 Å². The van der Waals surface area contributed by atoms with Gasteiger partial charge in [-0.2, -0.15) is 23.4 Å². The number of carbonyl (C=O) groups is 1. The Balaban J connectivity index is 2.01. The minimum absolute atomic E-state index is 0.431. The Labute approximate surface area is 146 Å². The van der Waals surface area contributed by atoms with Crippen LogP contribution < -0.4 is 10.3 Å². The molecular weight excluding hydrogens is 354 g/mol. The van der Waals surface area contributed by atoms with Crippen molar-refractivity contribution in [2.45, 2.75) is 31.7 Å². The zero-order chi connectivity index (χ0) is 19.1. The van der Waals surface area contributed by atoms with Crippen molar-refractivity contribution in [2.24, 2.45) is 5.10 Å². The molecule has 3 rings (SSSR count). The highest BCUT2D eigenvalue weighted by molar-refractivity contribution is 5.83. The fourth-order valence-corrected chi connectivity index (χ4v) is 2.84. The lowest BCUT2D eigenvalue weighted by Crippen LogP contribution is -2.59. The quantitative estimate of drug-likeness (QED) is 0.847. The molecule has 1 N–H and O–H groups in total. The SMILES string of the molecule is CC(=O)NC1(n2ccc(C(F)(F)F)n2)C=NN(c2ccc(F)cc2)C1C. The van der Waals surface area contributed by atoms with Gasteiger partial charge in [-0.05, 0) is 37.3 Å². The number of amides is 1. The minimum atomic E-state index is -4.61. The molecule has 1 aromatic carbocycles. The molecule has 1 aliphatic rings. The maximum atomic E-state index is 13.1. The predicted molar refractivity (Wildman–Crippen MR) is 85.9 cm³/mol. The first-order valence-electron chi connectivity index (χ1n) is 7.65. The lowest BCUT2D eigenvalue weighted by molar-refractivity contribution is -0.141. The molecule has 2 unspecified atom stereocenters. The van der Waals surface area contributed by atoms with Crippen LogP contribution in [-0.4, -0.2) is 27.9 Å². The van der Waals surface area contributed by atoms with Crippen LogP contribution in [0.15, 0.2) is 41.6 Å². The molecule has 0 radical (unpaired) electrons. The van der Waals surface area contributed by atoms with E-state index in [1.807, 2.05) is 0 Å². The van der Waals surface area contributed by atoms with Gasteiger partial charge < -0.3 is 5.32 Å². The van der Waals surface area contributed by atoms with Gasteiger partial charge in [-0.1, -0.05) is 0 Å². The second-order valence-electron chi connectivity index (χ2n) is 5.89. The molecule has 2 aromatic rings. The van der Waals surface area contributed by atoms with E-state index in [4.69, 9.17) is 0 Å². The lowest BCUT2D eigenvalue weighted by Gasteiger charge is -2.35. The molecule has 0 bridgehead atoms. The maximum absolute atomic E-state index is 13.1. The summed E-state index contributed by atoms with van der Waals surface area (Å²) in [5, 5.41) is 11.9. The topological polar surface area (TPSA) is 62.5 Å². The summed E-state index contributed by atoms with van der Waals surface area (Å²) in [4.78, 5) is 11.7. The van der Waals surface area contributed by atoms with Gasteiger partial charge in [0, 0.05) is 13.1 Å². The summed E-state index contributed by atoms with van der Waals surface area (Å²) in [5.41, 5.74) is -1.99. The largest absolute Gasteiger partial charge is 0.435 e. The number of nitrogens with one attached hydrogen (secondary N) is 1. The van der Waals surface area contributed by atoms with Gasteiger partial charge in [-0.3, -0.25) is 9.80 Å². The Morgan fingerprint density at radius 2 is 1.88 bits per heavy atom. The number of alkyl halides is 3. The number of hydrogen-bond donors (Lipinski definition) is 1. The van der Waals surface area contributed by atoms with E-state index in [2.05, 4.69) is 15.5 Å². The fraction of sp³-hybridized carbons (Fsp3) is 0.312. The third-order valence-corrected chi connectivity index (χ3v) is 4.11. The molecular formula is C16H15F4N5O. The van der Waals surface area contributed by atoms with Crippen molar-refractivity contribution in [3.63, 3.8) is 0 Å². The number of carbonyl (C=O) groups excluding carboxylic acids is 1. The van der Waals surface area contributed by atoms with Crippen molar-refractivity contribution < 1.29 is 22.4 Å². The summed E-state index contributed by atoms with van der Waals surface area (Å²) in [6, 6.07) is 5.65. The molecule has 0 saturated carbocycles. The van der Waals surface area contributed by atoms with Crippen molar-refractivity contribution in [2.75, 3.05) is 5.01 Å². The summed E-state index contributed by atoms with van der Waals surface area (Å²) >= 11 is 0. The van der Waals surface area contributed by atoms with Crippen LogP contribution in [0.5, 0.6) is 0 Å². The van der Waals surface area contributed by atoms with Gasteiger partial charge in [0.05, 0.1) is 17.9 Å². The second kappa shape index (κ2) is 6.11. The summed E-state index contributed by atoms with van der Waals surface area (Å²) in [5.74, 6) is -0.895. The molecule has 0 spiro atoms. The van der Waals surface area contributed by atoms with Crippen LogP contribution in [0.4, 0.5) is 23.2 Å². The van der Waals surface area contributed by atoms with E-state index in [0.717, 1.165) is 16.9 Å². The van der Waals surface area contributed by atoms with Crippen molar-refractivity contribution in [3.05, 3.63) is 48.0 Å². The van der Waals surface area contributed by atoms with Gasteiger partial charge in [0.1, 0.15) is 5.82 Å². The van der Waals surface area contributed by atoms with Gasteiger partial charge in [0.25, 0.3) is 0 Å². The summed E-state index contributed by atoms with van der Waals surface area (Å²) in [7, 11) is 0. The molecule has 2 atom stereocenters. The van der Waals surface area contributed by atoms with Crippen LogP contribution in [0.1, 0.15) is 19.5 Å². The molecule has 6 nitrogen and oxygen atoms in total. The molecule has 138 valence electrons. The average Bonchev–Trinajstić information content (AvgIpc) is 3.15. The van der Waals surface area contributed by atoms with Crippen LogP contribution in [0, 0.1) is 5.82 Å². The third-order valence-electron chi connectivity index (χ3n) is 4.11. The van der Waals surface area contributed by atoms with Crippen LogP contribution >= 0.6 is 0 Å². The number of hydrazone groups is 1. The Hall–Kier alpha value is -2.91. The zero-order valence-corrected chi connectivity index (χ0v) is 13.8. The first kappa shape index (κ1) is 17.9. The highest BCUT2D eigenvalue weighted by atomic mass is 19.4. The number of nitrogens with zero attached hydrogens (tertiary/aromatic N) is 4. The van der Waals surface area contributed by atoms with E-state index in [-0.39, 0.29) is 0 Å². The zero-order valence-electron chi connectivity index (χ0n) is 13.8. The van der Waals surface area contributed by atoms with Crippen molar-refractivity contribution >= 4 is 17.8 Å². The molecule has 0 saturated heterocycles. The van der Waals surface area contributed by atoms with E-state index < -0.39 is 35.3 Å². The first-order valence-corrected chi connectivity index (χ1v) is 7.65. The van der Waals surface area contributed by atoms with Gasteiger partial charge in [0.15, 0.2) is 11.4 Å². The number of hydrogen-bond acceptors (Lipinski definition) is 4. The Kier molecular flexibility index (Phi) is 4.21. The van der Waals surface area contributed by atoms with Crippen LogP contribution in [0.2, 0.25) is 0 Å². The maximum Gasteiger partial charge on any atom is 0.435 e. The molecule has 2 heterocycles. The number of halogens is 4. The predicted octanol–water partition coefficient (Wildman–Crippen LogP) is 2.72. The normalized spacial score (nSPS) is 22.7. The monoisotopic (exact) mass is 369 g/mol. The summed E-state index contributed by atoms with van der Waals surface area (Å²) < 4.78 is 52.9. The number of rotatable bonds is 3. The smallest absolute Gasteiger partial charge is 0.326 e. The molecule has 26 heavy (non-hydrogen) atoms. The average molecular weight is 369 g/mol. The number of benzene rings is 1. The fourth-order valence-electron chi connectivity index (χ4n) is 2.84. The molecule has 1 amide bonds. The minimum Gasteiger partial charge on any atom is -0.326 e. The molecule has 10 heteroatoms.